The van der Waals surface area contributed by atoms with Gasteiger partial charge in [-0.2, -0.15) is 0 Å². The molecule has 2 heterocycles. The first-order valence-electron chi connectivity index (χ1n) is 18.6. The fourth-order valence-corrected chi connectivity index (χ4v) is 12.9. The molecular weight excluding hydrogens is 544 g/mol. The maximum absolute atomic E-state index is 7.69. The minimum atomic E-state index is -0.00862. The average molecular weight is 603 g/mol. The first-order valence-corrected chi connectivity index (χ1v) is 18.6. The molecule has 0 amide bonds. The molecule has 1 aromatic rings. The maximum atomic E-state index is 7.69. The summed E-state index contributed by atoms with van der Waals surface area (Å²) in [6.07, 6.45) is 17.2. The minimum absolute atomic E-state index is 0.00464. The molecule has 0 spiro atoms. The van der Waals surface area contributed by atoms with E-state index in [1.165, 1.54) is 88.4 Å². The molecule has 8 aliphatic carbocycles. The van der Waals surface area contributed by atoms with E-state index in [0.29, 0.717) is 0 Å². The first-order chi connectivity index (χ1) is 20.9. The van der Waals surface area contributed by atoms with Crippen LogP contribution in [0.5, 0.6) is 11.5 Å². The van der Waals surface area contributed by atoms with Gasteiger partial charge >= 0.3 is 0 Å². The van der Waals surface area contributed by atoms with Crippen molar-refractivity contribution in [2.24, 2.45) is 46.3 Å². The number of epoxide rings is 2. The Kier molecular flexibility index (Phi) is 6.34. The summed E-state index contributed by atoms with van der Waals surface area (Å²) < 4.78 is 27.0. The Morgan fingerprint density at radius 2 is 0.977 bits per heavy atom. The molecule has 11 rings (SSSR count). The maximum Gasteiger partial charge on any atom is 0.132 e. The summed E-state index contributed by atoms with van der Waals surface area (Å²) in [4.78, 5) is 0. The van der Waals surface area contributed by atoms with Gasteiger partial charge in [-0.3, -0.25) is 0 Å². The molecule has 0 aromatic heterocycles. The van der Waals surface area contributed by atoms with E-state index in [4.69, 9.17) is 18.9 Å². The van der Waals surface area contributed by atoms with Crippen LogP contribution in [0.2, 0.25) is 0 Å². The van der Waals surface area contributed by atoms with Gasteiger partial charge in [0.05, 0.1) is 13.2 Å². The van der Waals surface area contributed by atoms with Gasteiger partial charge < -0.3 is 18.9 Å². The van der Waals surface area contributed by atoms with Crippen LogP contribution in [0.3, 0.4) is 0 Å². The van der Waals surface area contributed by atoms with Crippen molar-refractivity contribution >= 4 is 0 Å². The molecule has 8 saturated carbocycles. The van der Waals surface area contributed by atoms with Crippen LogP contribution in [0.1, 0.15) is 130 Å². The average Bonchev–Trinajstić information content (AvgIpc) is 3.82. The molecule has 2 aliphatic heterocycles. The second-order valence-electron chi connectivity index (χ2n) is 19.8. The normalized spacial score (nSPS) is 44.5. The summed E-state index contributed by atoms with van der Waals surface area (Å²) in [6.45, 7) is 15.7. The Labute approximate surface area is 266 Å². The van der Waals surface area contributed by atoms with Crippen LogP contribution in [0, 0.1) is 46.3 Å². The first kappa shape index (κ1) is 28.9. The van der Waals surface area contributed by atoms with E-state index in [1.807, 2.05) is 0 Å². The quantitative estimate of drug-likeness (QED) is 0.279. The summed E-state index contributed by atoms with van der Waals surface area (Å²) in [5, 5.41) is 0. The van der Waals surface area contributed by atoms with Crippen LogP contribution in [0.25, 0.3) is 0 Å². The van der Waals surface area contributed by atoms with Gasteiger partial charge in [0.25, 0.3) is 0 Å². The monoisotopic (exact) mass is 602 g/mol. The van der Waals surface area contributed by atoms with E-state index in [1.54, 1.807) is 5.56 Å². The second kappa shape index (κ2) is 9.65. The standard InChI is InChI=1S/C40H58O4/c1-37(2,3)35(31-21-41-31)43-30-8-7-29(39-15-23-9-24(16-39)11-25(10-23)17-39)34(44-36(32-22-42-32)38(4,5)6)33(30)40-18-26-12-27(19-40)14-28(13-26)20-40/h7-8,23-28,31-32,35-36H,9-22H2,1-6H3. The lowest BCUT2D eigenvalue weighted by atomic mass is 9.46. The van der Waals surface area contributed by atoms with Gasteiger partial charge in [0, 0.05) is 27.4 Å². The zero-order valence-corrected chi connectivity index (χ0v) is 28.5. The van der Waals surface area contributed by atoms with Crippen LogP contribution < -0.4 is 9.47 Å². The van der Waals surface area contributed by atoms with Crippen LogP contribution in [-0.4, -0.2) is 37.6 Å². The highest BCUT2D eigenvalue weighted by Crippen LogP contribution is 2.67. The number of benzene rings is 1. The van der Waals surface area contributed by atoms with Gasteiger partial charge in [-0.1, -0.05) is 47.6 Å². The van der Waals surface area contributed by atoms with Gasteiger partial charge in [-0.25, -0.2) is 0 Å². The zero-order valence-electron chi connectivity index (χ0n) is 28.5. The van der Waals surface area contributed by atoms with Crippen molar-refractivity contribution < 1.29 is 18.9 Å². The molecule has 10 aliphatic rings. The molecule has 4 heteroatoms. The lowest BCUT2D eigenvalue weighted by Gasteiger charge is -2.59. The number of hydrogen-bond donors (Lipinski definition) is 0. The number of ether oxygens (including phenoxy) is 4. The largest absolute Gasteiger partial charge is 0.487 e. The predicted molar refractivity (Wildman–Crippen MR) is 173 cm³/mol. The third-order valence-corrected chi connectivity index (χ3v) is 13.9. The molecule has 0 radical (unpaired) electrons. The SMILES string of the molecule is CC(C)(C)C(Oc1ccc(C23CC4CC(CC(C4)C2)C3)c(OC(C2CO2)C(C)(C)C)c1C12CC3CC(CC(C3)C1)C2)C1CO1. The lowest BCUT2D eigenvalue weighted by molar-refractivity contribution is -0.0181. The second-order valence-corrected chi connectivity index (χ2v) is 19.8. The fourth-order valence-electron chi connectivity index (χ4n) is 12.9. The Bertz CT molecular complexity index is 1220. The van der Waals surface area contributed by atoms with Gasteiger partial charge in [0.2, 0.25) is 0 Å². The van der Waals surface area contributed by atoms with Crippen molar-refractivity contribution in [2.45, 2.75) is 154 Å². The van der Waals surface area contributed by atoms with Crippen molar-refractivity contribution in [3.63, 3.8) is 0 Å². The molecule has 8 bridgehead atoms. The summed E-state index contributed by atoms with van der Waals surface area (Å²) in [5.41, 5.74) is 3.45. The minimum Gasteiger partial charge on any atom is -0.487 e. The van der Waals surface area contributed by atoms with E-state index in [0.717, 1.165) is 54.5 Å². The molecule has 44 heavy (non-hydrogen) atoms. The van der Waals surface area contributed by atoms with E-state index in [2.05, 4.69) is 53.7 Å². The molecule has 4 nitrogen and oxygen atoms in total. The molecule has 4 atom stereocenters. The molecule has 2 saturated heterocycles. The summed E-state index contributed by atoms with van der Waals surface area (Å²) in [7, 11) is 0. The highest BCUT2D eigenvalue weighted by Gasteiger charge is 2.58. The van der Waals surface area contributed by atoms with E-state index < -0.39 is 0 Å². The predicted octanol–water partition coefficient (Wildman–Crippen LogP) is 9.01. The third-order valence-electron chi connectivity index (χ3n) is 13.9. The molecule has 0 N–H and O–H groups in total. The Hall–Kier alpha value is -1.26. The van der Waals surface area contributed by atoms with Crippen molar-refractivity contribution in [3.05, 3.63) is 23.3 Å². The topological polar surface area (TPSA) is 43.5 Å². The van der Waals surface area contributed by atoms with Gasteiger partial charge in [-0.05, 0) is 124 Å². The van der Waals surface area contributed by atoms with E-state index >= 15 is 0 Å². The van der Waals surface area contributed by atoms with Crippen molar-refractivity contribution in [1.29, 1.82) is 0 Å². The van der Waals surface area contributed by atoms with Crippen molar-refractivity contribution in [3.8, 4) is 11.5 Å². The summed E-state index contributed by atoms with van der Waals surface area (Å²) >= 11 is 0. The van der Waals surface area contributed by atoms with Gasteiger partial charge in [0.1, 0.15) is 35.9 Å². The zero-order chi connectivity index (χ0) is 30.2. The van der Waals surface area contributed by atoms with E-state index in [-0.39, 0.29) is 46.1 Å². The lowest BCUT2D eigenvalue weighted by Crippen LogP contribution is -2.51. The smallest absolute Gasteiger partial charge is 0.132 e. The van der Waals surface area contributed by atoms with Crippen molar-refractivity contribution in [2.75, 3.05) is 13.2 Å². The fraction of sp³-hybridized carbons (Fsp3) is 0.850. The Balaban J connectivity index is 1.25. The summed E-state index contributed by atoms with van der Waals surface area (Å²) in [6, 6.07) is 4.96. The highest BCUT2D eigenvalue weighted by molar-refractivity contribution is 5.58. The molecule has 4 unspecified atom stereocenters. The highest BCUT2D eigenvalue weighted by atomic mass is 16.6. The van der Waals surface area contributed by atoms with Gasteiger partial charge in [0.15, 0.2) is 0 Å². The molecule has 10 fully saturated rings. The van der Waals surface area contributed by atoms with Gasteiger partial charge in [-0.15, -0.1) is 0 Å². The molecule has 1 aromatic carbocycles. The van der Waals surface area contributed by atoms with Crippen LogP contribution in [0.15, 0.2) is 12.1 Å². The number of hydrogen-bond acceptors (Lipinski definition) is 4. The van der Waals surface area contributed by atoms with E-state index in [9.17, 15) is 0 Å². The van der Waals surface area contributed by atoms with Crippen molar-refractivity contribution in [1.82, 2.24) is 0 Å². The number of rotatable bonds is 8. The van der Waals surface area contributed by atoms with Crippen LogP contribution >= 0.6 is 0 Å². The summed E-state index contributed by atoms with van der Waals surface area (Å²) in [5.74, 6) is 7.66. The molecular formula is C40H58O4. The van der Waals surface area contributed by atoms with Crippen LogP contribution in [-0.2, 0) is 20.3 Å². The van der Waals surface area contributed by atoms with Crippen LogP contribution in [0.4, 0.5) is 0 Å². The molecule has 242 valence electrons. The Morgan fingerprint density at radius 3 is 1.36 bits per heavy atom. The third kappa shape index (κ3) is 4.80. The Morgan fingerprint density at radius 1 is 0.591 bits per heavy atom.